The lowest BCUT2D eigenvalue weighted by Crippen LogP contribution is -2.06. The Morgan fingerprint density at radius 1 is 1.40 bits per heavy atom. The zero-order chi connectivity index (χ0) is 11.3. The van der Waals surface area contributed by atoms with Crippen molar-refractivity contribution in [3.05, 3.63) is 29.3 Å². The molecule has 1 aromatic rings. The molecular weight excluding hydrogens is 192 g/mol. The zero-order valence-corrected chi connectivity index (χ0v) is 9.37. The molecule has 1 aromatic carbocycles. The first-order chi connectivity index (χ1) is 7.19. The van der Waals surface area contributed by atoms with Crippen LogP contribution in [0, 0.1) is 6.92 Å². The lowest BCUT2D eigenvalue weighted by Gasteiger charge is -2.09. The number of rotatable bonds is 4. The van der Waals surface area contributed by atoms with Crippen molar-refractivity contribution in [3.8, 4) is 5.75 Å². The van der Waals surface area contributed by atoms with Crippen LogP contribution in [0.3, 0.4) is 0 Å². The second kappa shape index (κ2) is 5.39. The molecule has 0 aliphatic rings. The van der Waals surface area contributed by atoms with Crippen LogP contribution >= 0.6 is 0 Å². The summed E-state index contributed by atoms with van der Waals surface area (Å²) in [5.41, 5.74) is 1.50. The highest BCUT2D eigenvalue weighted by Crippen LogP contribution is 2.21. The van der Waals surface area contributed by atoms with Crippen molar-refractivity contribution in [2.24, 2.45) is 0 Å². The first kappa shape index (κ1) is 11.6. The Bertz CT molecular complexity index is 345. The van der Waals surface area contributed by atoms with Crippen LogP contribution in [0.2, 0.25) is 0 Å². The number of aryl methyl sites for hydroxylation is 1. The Kier molecular flexibility index (Phi) is 4.16. The molecule has 0 amide bonds. The molecule has 0 N–H and O–H groups in total. The number of esters is 1. The van der Waals surface area contributed by atoms with Crippen LogP contribution in [0.1, 0.15) is 29.3 Å². The summed E-state index contributed by atoms with van der Waals surface area (Å²) in [6, 6.07) is 5.49. The Hall–Kier alpha value is -1.51. The zero-order valence-electron chi connectivity index (χ0n) is 9.37. The van der Waals surface area contributed by atoms with Gasteiger partial charge in [-0.1, -0.05) is 18.6 Å². The van der Waals surface area contributed by atoms with Gasteiger partial charge in [0.1, 0.15) is 11.3 Å². The van der Waals surface area contributed by atoms with E-state index in [1.807, 2.05) is 19.9 Å². The molecule has 82 valence electrons. The van der Waals surface area contributed by atoms with Crippen molar-refractivity contribution >= 4 is 5.97 Å². The van der Waals surface area contributed by atoms with Gasteiger partial charge in [0.2, 0.25) is 0 Å². The normalized spacial score (nSPS) is 9.80. The Morgan fingerprint density at radius 2 is 2.13 bits per heavy atom. The highest BCUT2D eigenvalue weighted by molar-refractivity contribution is 5.92. The topological polar surface area (TPSA) is 35.5 Å². The predicted octanol–water partition coefficient (Wildman–Crippen LogP) is 2.57. The Balaban J connectivity index is 2.97. The van der Waals surface area contributed by atoms with Crippen molar-refractivity contribution in [2.75, 3.05) is 13.7 Å². The van der Waals surface area contributed by atoms with Crippen LogP contribution in [0.4, 0.5) is 0 Å². The van der Waals surface area contributed by atoms with E-state index in [0.717, 1.165) is 12.0 Å². The van der Waals surface area contributed by atoms with Crippen LogP contribution in [0.15, 0.2) is 18.2 Å². The fourth-order valence-electron chi connectivity index (χ4n) is 1.25. The summed E-state index contributed by atoms with van der Waals surface area (Å²) in [6.07, 6.45) is 0.911. The van der Waals surface area contributed by atoms with Gasteiger partial charge >= 0.3 is 5.97 Å². The summed E-state index contributed by atoms with van der Waals surface area (Å²) < 4.78 is 10.2. The monoisotopic (exact) mass is 208 g/mol. The summed E-state index contributed by atoms with van der Waals surface area (Å²) in [6.45, 7) is 4.55. The molecule has 3 heteroatoms. The maximum Gasteiger partial charge on any atom is 0.341 e. The number of carbonyl (C=O) groups is 1. The number of hydrogen-bond acceptors (Lipinski definition) is 3. The van der Waals surface area contributed by atoms with E-state index >= 15 is 0 Å². The quantitative estimate of drug-likeness (QED) is 0.713. The number of benzene rings is 1. The van der Waals surface area contributed by atoms with Gasteiger partial charge in [-0.25, -0.2) is 4.79 Å². The van der Waals surface area contributed by atoms with Gasteiger partial charge < -0.3 is 9.47 Å². The summed E-state index contributed by atoms with van der Waals surface area (Å²) >= 11 is 0. The molecule has 0 aliphatic carbocycles. The molecule has 0 bridgehead atoms. The smallest absolute Gasteiger partial charge is 0.341 e. The van der Waals surface area contributed by atoms with Gasteiger partial charge in [-0.05, 0) is 25.5 Å². The molecule has 0 heterocycles. The molecule has 0 aliphatic heterocycles. The molecular formula is C12H16O3. The molecule has 0 fully saturated rings. The average molecular weight is 208 g/mol. The van der Waals surface area contributed by atoms with Crippen molar-refractivity contribution in [2.45, 2.75) is 20.3 Å². The molecule has 0 radical (unpaired) electrons. The minimum atomic E-state index is -0.357. The predicted molar refractivity (Wildman–Crippen MR) is 58.3 cm³/mol. The third-order valence-electron chi connectivity index (χ3n) is 2.00. The van der Waals surface area contributed by atoms with Crippen molar-refractivity contribution < 1.29 is 14.3 Å². The maximum atomic E-state index is 11.4. The minimum absolute atomic E-state index is 0.357. The number of carbonyl (C=O) groups excluding carboxylic acids is 1. The second-order valence-electron chi connectivity index (χ2n) is 3.34. The van der Waals surface area contributed by atoms with Crippen LogP contribution in [0.5, 0.6) is 5.75 Å². The molecule has 15 heavy (non-hydrogen) atoms. The molecule has 3 nitrogen and oxygen atoms in total. The lowest BCUT2D eigenvalue weighted by molar-refractivity contribution is 0.0596. The first-order valence-corrected chi connectivity index (χ1v) is 5.00. The van der Waals surface area contributed by atoms with Gasteiger partial charge in [0.15, 0.2) is 0 Å². The average Bonchev–Trinajstić information content (AvgIpc) is 2.26. The summed E-state index contributed by atoms with van der Waals surface area (Å²) in [4.78, 5) is 11.4. The molecule has 0 aromatic heterocycles. The molecule has 1 rings (SSSR count). The fourth-order valence-corrected chi connectivity index (χ4v) is 1.25. The highest BCUT2D eigenvalue weighted by atomic mass is 16.5. The standard InChI is InChI=1S/C12H16O3/c1-4-7-15-11-6-5-9(2)8-10(11)12(13)14-3/h5-6,8H,4,7H2,1-3H3. The molecule has 0 spiro atoms. The second-order valence-corrected chi connectivity index (χ2v) is 3.34. The van der Waals surface area contributed by atoms with E-state index in [9.17, 15) is 4.79 Å². The Morgan fingerprint density at radius 3 is 2.73 bits per heavy atom. The van der Waals surface area contributed by atoms with E-state index in [0.29, 0.717) is 17.9 Å². The molecule has 0 atom stereocenters. The van der Waals surface area contributed by atoms with Gasteiger partial charge in [-0.2, -0.15) is 0 Å². The van der Waals surface area contributed by atoms with Crippen molar-refractivity contribution in [1.29, 1.82) is 0 Å². The lowest BCUT2D eigenvalue weighted by atomic mass is 10.1. The fraction of sp³-hybridized carbons (Fsp3) is 0.417. The van der Waals surface area contributed by atoms with Gasteiger partial charge in [-0.3, -0.25) is 0 Å². The van der Waals surface area contributed by atoms with Gasteiger partial charge in [-0.15, -0.1) is 0 Å². The van der Waals surface area contributed by atoms with E-state index < -0.39 is 0 Å². The first-order valence-electron chi connectivity index (χ1n) is 5.00. The molecule has 0 unspecified atom stereocenters. The van der Waals surface area contributed by atoms with Crippen LogP contribution < -0.4 is 4.74 Å². The SMILES string of the molecule is CCCOc1ccc(C)cc1C(=O)OC. The third kappa shape index (κ3) is 2.98. The summed E-state index contributed by atoms with van der Waals surface area (Å²) in [5, 5.41) is 0. The molecule has 0 saturated heterocycles. The third-order valence-corrected chi connectivity index (χ3v) is 2.00. The highest BCUT2D eigenvalue weighted by Gasteiger charge is 2.12. The number of hydrogen-bond donors (Lipinski definition) is 0. The minimum Gasteiger partial charge on any atom is -0.493 e. The van der Waals surface area contributed by atoms with Crippen LogP contribution in [-0.4, -0.2) is 19.7 Å². The van der Waals surface area contributed by atoms with Gasteiger partial charge in [0, 0.05) is 0 Å². The van der Waals surface area contributed by atoms with E-state index in [1.165, 1.54) is 7.11 Å². The maximum absolute atomic E-state index is 11.4. The van der Waals surface area contributed by atoms with Crippen LogP contribution in [-0.2, 0) is 4.74 Å². The van der Waals surface area contributed by atoms with Gasteiger partial charge in [0.25, 0.3) is 0 Å². The van der Waals surface area contributed by atoms with Crippen molar-refractivity contribution in [1.82, 2.24) is 0 Å². The Labute approximate surface area is 90.0 Å². The van der Waals surface area contributed by atoms with Gasteiger partial charge in [0.05, 0.1) is 13.7 Å². The number of ether oxygens (including phenoxy) is 2. The summed E-state index contributed by atoms with van der Waals surface area (Å²) in [5.74, 6) is 0.235. The largest absolute Gasteiger partial charge is 0.493 e. The van der Waals surface area contributed by atoms with E-state index in [2.05, 4.69) is 0 Å². The van der Waals surface area contributed by atoms with E-state index in [4.69, 9.17) is 9.47 Å². The van der Waals surface area contributed by atoms with E-state index in [1.54, 1.807) is 12.1 Å². The molecule has 0 saturated carbocycles. The van der Waals surface area contributed by atoms with E-state index in [-0.39, 0.29) is 5.97 Å². The van der Waals surface area contributed by atoms with Crippen LogP contribution in [0.25, 0.3) is 0 Å². The summed E-state index contributed by atoms with van der Waals surface area (Å²) in [7, 11) is 1.37. The van der Waals surface area contributed by atoms with Crippen molar-refractivity contribution in [3.63, 3.8) is 0 Å². The number of methoxy groups -OCH3 is 1.